The summed E-state index contributed by atoms with van der Waals surface area (Å²) in [6.07, 6.45) is 0. The number of carboxylic acid groups (broad SMARTS) is 1. The molecule has 1 aromatic rings. The molecule has 0 aliphatic rings. The number of methoxy groups -OCH3 is 1. The molecule has 0 radical (unpaired) electrons. The molecule has 0 saturated heterocycles. The number of carboxylic acids is 1. The van der Waals surface area contributed by atoms with E-state index in [1.54, 1.807) is 0 Å². The van der Waals surface area contributed by atoms with Gasteiger partial charge in [-0.3, -0.25) is 0 Å². The Kier molecular flexibility index (Phi) is 3.74. The average Bonchev–Trinajstić information content (AvgIpc) is 2.27. The van der Waals surface area contributed by atoms with Gasteiger partial charge in [0.25, 0.3) is 0 Å². The molecular formula is C10H12NO5S-. The van der Waals surface area contributed by atoms with Gasteiger partial charge in [0.2, 0.25) is 10.0 Å². The Morgan fingerprint density at radius 3 is 2.35 bits per heavy atom. The van der Waals surface area contributed by atoms with E-state index in [4.69, 9.17) is 4.74 Å². The number of hydrogen-bond donors (Lipinski definition) is 0. The van der Waals surface area contributed by atoms with Crippen molar-refractivity contribution in [3.05, 3.63) is 23.8 Å². The highest BCUT2D eigenvalue weighted by atomic mass is 32.2. The first-order valence-electron chi connectivity index (χ1n) is 4.62. The van der Waals surface area contributed by atoms with E-state index in [0.29, 0.717) is 0 Å². The Morgan fingerprint density at radius 1 is 1.35 bits per heavy atom. The molecule has 0 atom stereocenters. The zero-order valence-corrected chi connectivity index (χ0v) is 10.4. The molecular weight excluding hydrogens is 246 g/mol. The Bertz CT molecular complexity index is 536. The lowest BCUT2D eigenvalue weighted by molar-refractivity contribution is -0.255. The van der Waals surface area contributed by atoms with Crippen molar-refractivity contribution in [1.29, 1.82) is 0 Å². The minimum Gasteiger partial charge on any atom is -0.545 e. The van der Waals surface area contributed by atoms with Crippen molar-refractivity contribution in [3.63, 3.8) is 0 Å². The summed E-state index contributed by atoms with van der Waals surface area (Å²) >= 11 is 0. The van der Waals surface area contributed by atoms with Gasteiger partial charge in [-0.1, -0.05) is 0 Å². The first kappa shape index (κ1) is 13.5. The highest BCUT2D eigenvalue weighted by Gasteiger charge is 2.22. The lowest BCUT2D eigenvalue weighted by atomic mass is 10.2. The molecule has 0 aliphatic carbocycles. The van der Waals surface area contributed by atoms with Gasteiger partial charge in [0.1, 0.15) is 10.6 Å². The number of aromatic carboxylic acids is 1. The third-order valence-corrected chi connectivity index (χ3v) is 3.99. The molecule has 0 amide bonds. The summed E-state index contributed by atoms with van der Waals surface area (Å²) in [5, 5.41) is 10.7. The summed E-state index contributed by atoms with van der Waals surface area (Å²) in [5.41, 5.74) is -0.216. The summed E-state index contributed by atoms with van der Waals surface area (Å²) in [4.78, 5) is 10.5. The van der Waals surface area contributed by atoms with Crippen molar-refractivity contribution in [3.8, 4) is 5.75 Å². The second kappa shape index (κ2) is 4.72. The van der Waals surface area contributed by atoms with Crippen LogP contribution in [0.1, 0.15) is 10.4 Å². The summed E-state index contributed by atoms with van der Waals surface area (Å²) < 4.78 is 29.7. The van der Waals surface area contributed by atoms with Crippen molar-refractivity contribution in [2.45, 2.75) is 4.90 Å². The van der Waals surface area contributed by atoms with Crippen molar-refractivity contribution >= 4 is 16.0 Å². The van der Waals surface area contributed by atoms with Gasteiger partial charge in [-0.15, -0.1) is 0 Å². The van der Waals surface area contributed by atoms with Crippen LogP contribution in [0.5, 0.6) is 5.75 Å². The van der Waals surface area contributed by atoms with Crippen LogP contribution in [0.2, 0.25) is 0 Å². The second-order valence-electron chi connectivity index (χ2n) is 3.44. The summed E-state index contributed by atoms with van der Waals surface area (Å²) in [6.45, 7) is 0. The van der Waals surface area contributed by atoms with Gasteiger partial charge in [0.05, 0.1) is 13.1 Å². The van der Waals surface area contributed by atoms with Gasteiger partial charge >= 0.3 is 0 Å². The minimum atomic E-state index is -3.76. The number of carbonyl (C=O) groups excluding carboxylic acids is 1. The van der Waals surface area contributed by atoms with Crippen molar-refractivity contribution in [2.24, 2.45) is 0 Å². The number of rotatable bonds is 4. The van der Waals surface area contributed by atoms with Crippen LogP contribution in [0, 0.1) is 0 Å². The van der Waals surface area contributed by atoms with E-state index >= 15 is 0 Å². The van der Waals surface area contributed by atoms with E-state index in [9.17, 15) is 18.3 Å². The van der Waals surface area contributed by atoms with E-state index in [2.05, 4.69) is 0 Å². The number of sulfonamides is 1. The molecule has 1 rings (SSSR count). The lowest BCUT2D eigenvalue weighted by Gasteiger charge is -2.15. The molecule has 0 aromatic heterocycles. The number of ether oxygens (including phenoxy) is 1. The van der Waals surface area contributed by atoms with Gasteiger partial charge in [-0.2, -0.15) is 0 Å². The number of hydrogen-bond acceptors (Lipinski definition) is 5. The second-order valence-corrected chi connectivity index (χ2v) is 5.56. The SMILES string of the molecule is COc1ccc(C(=O)[O-])cc1S(=O)(=O)N(C)C. The summed E-state index contributed by atoms with van der Waals surface area (Å²) in [6, 6.07) is 3.52. The molecule has 0 saturated carbocycles. The van der Waals surface area contributed by atoms with Gasteiger partial charge in [0.15, 0.2) is 0 Å². The quantitative estimate of drug-likeness (QED) is 0.713. The van der Waals surface area contributed by atoms with Gasteiger partial charge in [-0.05, 0) is 23.8 Å². The fraction of sp³-hybridized carbons (Fsp3) is 0.300. The predicted molar refractivity (Wildman–Crippen MR) is 58.2 cm³/mol. The van der Waals surface area contributed by atoms with E-state index in [1.807, 2.05) is 0 Å². The van der Waals surface area contributed by atoms with Crippen LogP contribution in [-0.4, -0.2) is 39.9 Å². The maximum absolute atomic E-state index is 11.9. The summed E-state index contributed by atoms with van der Waals surface area (Å²) in [7, 11) is 0.245. The van der Waals surface area contributed by atoms with E-state index in [1.165, 1.54) is 33.3 Å². The fourth-order valence-electron chi connectivity index (χ4n) is 1.20. The number of benzene rings is 1. The maximum Gasteiger partial charge on any atom is 0.246 e. The van der Waals surface area contributed by atoms with Gasteiger partial charge in [-0.25, -0.2) is 12.7 Å². The highest BCUT2D eigenvalue weighted by molar-refractivity contribution is 7.89. The van der Waals surface area contributed by atoms with Gasteiger partial charge < -0.3 is 14.6 Å². The number of carbonyl (C=O) groups is 1. The lowest BCUT2D eigenvalue weighted by Crippen LogP contribution is -2.25. The Morgan fingerprint density at radius 2 is 1.94 bits per heavy atom. The molecule has 94 valence electrons. The molecule has 0 bridgehead atoms. The Balaban J connectivity index is 3.49. The molecule has 0 fully saturated rings. The molecule has 0 aliphatic heterocycles. The predicted octanol–water partition coefficient (Wildman–Crippen LogP) is -0.691. The molecule has 6 nitrogen and oxygen atoms in total. The van der Waals surface area contributed by atoms with Crippen LogP contribution in [-0.2, 0) is 10.0 Å². The normalized spacial score (nSPS) is 11.5. The van der Waals surface area contributed by atoms with E-state index in [0.717, 1.165) is 10.4 Å². The average molecular weight is 258 g/mol. The van der Waals surface area contributed by atoms with Crippen LogP contribution < -0.4 is 9.84 Å². The molecule has 0 N–H and O–H groups in total. The number of nitrogens with zero attached hydrogens (tertiary/aromatic N) is 1. The highest BCUT2D eigenvalue weighted by Crippen LogP contribution is 2.26. The first-order chi connectivity index (χ1) is 7.80. The first-order valence-corrected chi connectivity index (χ1v) is 6.06. The van der Waals surface area contributed by atoms with Crippen LogP contribution in [0.15, 0.2) is 23.1 Å². The van der Waals surface area contributed by atoms with Crippen LogP contribution in [0.25, 0.3) is 0 Å². The Labute approximate surface area is 99.5 Å². The van der Waals surface area contributed by atoms with Gasteiger partial charge in [0, 0.05) is 14.1 Å². The summed E-state index contributed by atoms with van der Waals surface area (Å²) in [5.74, 6) is -1.36. The monoisotopic (exact) mass is 258 g/mol. The maximum atomic E-state index is 11.9. The van der Waals surface area contributed by atoms with Crippen LogP contribution in [0.4, 0.5) is 0 Å². The fourth-order valence-corrected chi connectivity index (χ4v) is 2.28. The molecule has 0 spiro atoms. The Hall–Kier alpha value is -1.60. The van der Waals surface area contributed by atoms with E-state index < -0.39 is 16.0 Å². The molecule has 7 heteroatoms. The van der Waals surface area contributed by atoms with E-state index in [-0.39, 0.29) is 16.2 Å². The van der Waals surface area contributed by atoms with Crippen LogP contribution >= 0.6 is 0 Å². The molecule has 17 heavy (non-hydrogen) atoms. The standard InChI is InChI=1S/C10H13NO5S/c1-11(2)17(14,15)9-6-7(10(12)13)4-5-8(9)16-3/h4-6H,1-3H3,(H,12,13)/p-1. The smallest absolute Gasteiger partial charge is 0.246 e. The topological polar surface area (TPSA) is 86.7 Å². The van der Waals surface area contributed by atoms with Crippen molar-refractivity contribution < 1.29 is 23.1 Å². The van der Waals surface area contributed by atoms with Crippen molar-refractivity contribution in [2.75, 3.05) is 21.2 Å². The zero-order chi connectivity index (χ0) is 13.2. The molecule has 0 heterocycles. The molecule has 0 unspecified atom stereocenters. The molecule has 1 aromatic carbocycles. The third-order valence-electron chi connectivity index (χ3n) is 2.16. The third kappa shape index (κ3) is 2.56. The largest absolute Gasteiger partial charge is 0.545 e. The van der Waals surface area contributed by atoms with Crippen molar-refractivity contribution in [1.82, 2.24) is 4.31 Å². The zero-order valence-electron chi connectivity index (χ0n) is 9.63. The van der Waals surface area contributed by atoms with Crippen LogP contribution in [0.3, 0.4) is 0 Å². The minimum absolute atomic E-state index is 0.0868.